The van der Waals surface area contributed by atoms with Gasteiger partial charge in [0.15, 0.2) is 0 Å². The van der Waals surface area contributed by atoms with E-state index in [1.54, 1.807) is 0 Å². The van der Waals surface area contributed by atoms with Crippen LogP contribution in [0.5, 0.6) is 0 Å². The number of rotatable bonds is 1. The van der Waals surface area contributed by atoms with Gasteiger partial charge in [-0.2, -0.15) is 0 Å². The lowest BCUT2D eigenvalue weighted by molar-refractivity contribution is -0.421. The molecule has 2 aliphatic heterocycles. The van der Waals surface area contributed by atoms with E-state index in [1.807, 2.05) is 0 Å². The fraction of sp³-hybridized carbons (Fsp3) is 0.600. The second-order valence-electron chi connectivity index (χ2n) is 4.22. The summed E-state index contributed by atoms with van der Waals surface area (Å²) in [5.41, 5.74) is 0. The van der Waals surface area contributed by atoms with E-state index in [0.29, 0.717) is 0 Å². The largest absolute Gasteiger partial charge is 0.463 e. The number of aliphatic hydroxyl groups excluding tert-OH is 1. The highest BCUT2D eigenvalue weighted by Gasteiger charge is 2.51. The first-order valence-electron chi connectivity index (χ1n) is 5.06. The lowest BCUT2D eigenvalue weighted by Gasteiger charge is -2.10. The van der Waals surface area contributed by atoms with Gasteiger partial charge in [-0.05, 0) is 0 Å². The number of nitrogens with zero attached hydrogens (tertiary/aromatic N) is 2. The molecular weight excluding hydrogens is 212 g/mol. The van der Waals surface area contributed by atoms with Crippen molar-refractivity contribution in [2.45, 2.75) is 12.8 Å². The maximum atomic E-state index is 11.7. The van der Waals surface area contributed by atoms with Crippen molar-refractivity contribution in [3.05, 3.63) is 0 Å². The summed E-state index contributed by atoms with van der Waals surface area (Å²) in [4.78, 5) is 35.5. The van der Waals surface area contributed by atoms with E-state index < -0.39 is 11.8 Å². The maximum Gasteiger partial charge on any atom is 0.390 e. The molecule has 16 heavy (non-hydrogen) atoms. The molecule has 2 atom stereocenters. The van der Waals surface area contributed by atoms with Crippen LogP contribution in [0.25, 0.3) is 0 Å². The molecular formula is C10H13N2O4+. The zero-order chi connectivity index (χ0) is 12.0. The molecule has 1 N–H and O–H groups in total. The Labute approximate surface area is 92.2 Å². The average Bonchev–Trinajstić information content (AvgIpc) is 2.64. The van der Waals surface area contributed by atoms with Gasteiger partial charge in [0.25, 0.3) is 0 Å². The molecule has 86 valence electrons. The zero-order valence-corrected chi connectivity index (χ0v) is 9.14. The van der Waals surface area contributed by atoms with Crippen molar-refractivity contribution in [3.63, 3.8) is 0 Å². The Kier molecular flexibility index (Phi) is 2.29. The molecule has 2 unspecified atom stereocenters. The predicted octanol–water partition coefficient (Wildman–Crippen LogP) is -0.863. The monoisotopic (exact) mass is 225 g/mol. The Morgan fingerprint density at radius 2 is 1.88 bits per heavy atom. The van der Waals surface area contributed by atoms with Crippen molar-refractivity contribution in [2.24, 2.45) is 11.8 Å². The minimum atomic E-state index is -0.591. The molecule has 0 aliphatic carbocycles. The summed E-state index contributed by atoms with van der Waals surface area (Å²) in [6.45, 7) is 0. The van der Waals surface area contributed by atoms with E-state index in [2.05, 4.69) is 0 Å². The number of amides is 3. The molecule has 6 nitrogen and oxygen atoms in total. The number of carbonyl (C=O) groups is 3. The van der Waals surface area contributed by atoms with E-state index in [4.69, 9.17) is 0 Å². The summed E-state index contributed by atoms with van der Waals surface area (Å²) in [5.74, 6) is -2.04. The summed E-state index contributed by atoms with van der Waals surface area (Å²) in [7, 11) is 2.88. The Hall–Kier alpha value is -1.72. The smallest absolute Gasteiger partial charge is 0.390 e. The molecule has 0 aromatic carbocycles. The Bertz CT molecular complexity index is 427. The molecule has 2 heterocycles. The standard InChI is InChI=1S/C10H12N2O4/c1-11-7(13)3-5(9(11)15)6-4-8(14)12(2)10(6)16/h5-6H,3-4H2,1-2H3/p+1. The first-order valence-corrected chi connectivity index (χ1v) is 5.06. The van der Waals surface area contributed by atoms with Crippen LogP contribution in [-0.2, 0) is 14.4 Å². The van der Waals surface area contributed by atoms with Gasteiger partial charge in [0.05, 0.1) is 12.3 Å². The van der Waals surface area contributed by atoms with Gasteiger partial charge >= 0.3 is 11.8 Å². The van der Waals surface area contributed by atoms with Crippen LogP contribution in [-0.4, -0.2) is 52.3 Å². The highest BCUT2D eigenvalue weighted by atomic mass is 16.3. The van der Waals surface area contributed by atoms with Crippen molar-refractivity contribution in [1.82, 2.24) is 4.90 Å². The maximum absolute atomic E-state index is 11.7. The van der Waals surface area contributed by atoms with Crippen molar-refractivity contribution >= 4 is 23.6 Å². The summed E-state index contributed by atoms with van der Waals surface area (Å²) in [6, 6.07) is 0. The van der Waals surface area contributed by atoms with Crippen LogP contribution in [0.2, 0.25) is 0 Å². The number of aliphatic hydroxyl groups is 1. The van der Waals surface area contributed by atoms with E-state index in [9.17, 15) is 19.5 Å². The van der Waals surface area contributed by atoms with Crippen molar-refractivity contribution < 1.29 is 24.1 Å². The summed E-state index contributed by atoms with van der Waals surface area (Å²) in [6.07, 6.45) is 0.172. The van der Waals surface area contributed by atoms with Crippen molar-refractivity contribution in [3.8, 4) is 0 Å². The van der Waals surface area contributed by atoms with E-state index in [0.717, 1.165) is 9.48 Å². The summed E-state index contributed by atoms with van der Waals surface area (Å²) >= 11 is 0. The molecule has 2 rings (SSSR count). The quantitative estimate of drug-likeness (QED) is 0.465. The van der Waals surface area contributed by atoms with Crippen LogP contribution >= 0.6 is 0 Å². The molecule has 0 saturated carbocycles. The Morgan fingerprint density at radius 3 is 2.25 bits per heavy atom. The minimum absolute atomic E-state index is 0.0746. The zero-order valence-electron chi connectivity index (χ0n) is 9.14. The molecule has 0 bridgehead atoms. The SMILES string of the molecule is CN1C(=O)CC(C2CC(=O)[N+](C)=C2O)C1=O. The first kappa shape index (κ1) is 10.8. The van der Waals surface area contributed by atoms with Gasteiger partial charge in [0, 0.05) is 13.5 Å². The fourth-order valence-corrected chi connectivity index (χ4v) is 2.21. The van der Waals surface area contributed by atoms with Crippen LogP contribution in [0, 0.1) is 11.8 Å². The molecule has 3 amide bonds. The molecule has 6 heteroatoms. The highest BCUT2D eigenvalue weighted by molar-refractivity contribution is 6.05. The Morgan fingerprint density at radius 1 is 1.25 bits per heavy atom. The molecule has 0 spiro atoms. The number of hydrogen-bond acceptors (Lipinski definition) is 3. The second-order valence-corrected chi connectivity index (χ2v) is 4.22. The number of imide groups is 1. The van der Waals surface area contributed by atoms with E-state index >= 15 is 0 Å². The molecule has 1 fully saturated rings. The third kappa shape index (κ3) is 1.33. The van der Waals surface area contributed by atoms with Crippen molar-refractivity contribution in [2.75, 3.05) is 14.1 Å². The third-order valence-electron chi connectivity index (χ3n) is 3.35. The van der Waals surface area contributed by atoms with Gasteiger partial charge in [-0.1, -0.05) is 0 Å². The normalized spacial score (nSPS) is 30.9. The highest BCUT2D eigenvalue weighted by Crippen LogP contribution is 2.31. The topological polar surface area (TPSA) is 77.7 Å². The average molecular weight is 225 g/mol. The molecule has 0 aromatic rings. The first-order chi connectivity index (χ1) is 7.43. The van der Waals surface area contributed by atoms with Gasteiger partial charge in [-0.3, -0.25) is 14.5 Å². The number of carbonyl (C=O) groups excluding carboxylic acids is 3. The van der Waals surface area contributed by atoms with Crippen LogP contribution in [0.1, 0.15) is 12.8 Å². The fourth-order valence-electron chi connectivity index (χ4n) is 2.21. The van der Waals surface area contributed by atoms with Crippen LogP contribution in [0.3, 0.4) is 0 Å². The molecule has 2 aliphatic rings. The van der Waals surface area contributed by atoms with E-state index in [-0.39, 0.29) is 36.5 Å². The predicted molar refractivity (Wildman–Crippen MR) is 52.8 cm³/mol. The second kappa shape index (κ2) is 3.40. The molecule has 0 radical (unpaired) electrons. The minimum Gasteiger partial charge on any atom is -0.463 e. The number of likely N-dealkylation sites (tertiary alicyclic amines) is 1. The van der Waals surface area contributed by atoms with E-state index in [1.165, 1.54) is 14.1 Å². The summed E-state index contributed by atoms with van der Waals surface area (Å²) < 4.78 is 1.14. The lowest BCUT2D eigenvalue weighted by Crippen LogP contribution is -2.31. The van der Waals surface area contributed by atoms with Crippen LogP contribution in [0.4, 0.5) is 0 Å². The van der Waals surface area contributed by atoms with Gasteiger partial charge in [-0.25, -0.2) is 4.79 Å². The third-order valence-corrected chi connectivity index (χ3v) is 3.35. The van der Waals surface area contributed by atoms with Gasteiger partial charge < -0.3 is 5.11 Å². The van der Waals surface area contributed by atoms with Gasteiger partial charge in [0.2, 0.25) is 11.8 Å². The van der Waals surface area contributed by atoms with Crippen LogP contribution in [0.15, 0.2) is 0 Å². The van der Waals surface area contributed by atoms with Gasteiger partial charge in [0.1, 0.15) is 13.0 Å². The lowest BCUT2D eigenvalue weighted by atomic mass is 9.89. The molecule has 1 saturated heterocycles. The van der Waals surface area contributed by atoms with Crippen LogP contribution < -0.4 is 0 Å². The Balaban J connectivity index is 2.26. The summed E-state index contributed by atoms with van der Waals surface area (Å²) in [5, 5.41) is 9.72. The molecule has 0 aromatic heterocycles. The number of hydrogen-bond donors (Lipinski definition) is 1. The van der Waals surface area contributed by atoms with Gasteiger partial charge in [-0.15, -0.1) is 4.58 Å². The van der Waals surface area contributed by atoms with Crippen molar-refractivity contribution in [1.29, 1.82) is 0 Å².